The Labute approximate surface area is 296 Å². The number of nitrogens with zero attached hydrogens (tertiary/aromatic N) is 4. The van der Waals surface area contributed by atoms with E-state index in [2.05, 4.69) is 63.2 Å². The Morgan fingerprint density at radius 1 is 0.939 bits per heavy atom. The summed E-state index contributed by atoms with van der Waals surface area (Å²) in [7, 11) is 4.01. The Morgan fingerprint density at radius 3 is 2.45 bits per heavy atom. The van der Waals surface area contributed by atoms with Crippen LogP contribution >= 0.6 is 15.9 Å². The van der Waals surface area contributed by atoms with E-state index in [4.69, 9.17) is 9.97 Å². The average molecular weight is 720 g/mol. The Kier molecular flexibility index (Phi) is 9.05. The monoisotopic (exact) mass is 718 g/mol. The number of carbonyl (C=O) groups excluding carboxylic acids is 2. The first-order chi connectivity index (χ1) is 23.5. The van der Waals surface area contributed by atoms with Gasteiger partial charge in [-0.05, 0) is 97.5 Å². The molecule has 252 valence electrons. The fraction of sp³-hybridized carbons (Fsp3) is 0.350. The number of fused-ring (bicyclic) bond motifs is 2. The van der Waals surface area contributed by atoms with Crippen molar-refractivity contribution in [3.8, 4) is 16.9 Å². The molecule has 1 amide bonds. The van der Waals surface area contributed by atoms with Gasteiger partial charge in [-0.25, -0.2) is 4.98 Å². The highest BCUT2D eigenvalue weighted by molar-refractivity contribution is 9.10. The van der Waals surface area contributed by atoms with Gasteiger partial charge in [-0.15, -0.1) is 0 Å². The van der Waals surface area contributed by atoms with E-state index in [1.807, 2.05) is 79.7 Å². The molecule has 9 heteroatoms. The van der Waals surface area contributed by atoms with E-state index in [-0.39, 0.29) is 17.1 Å². The first-order valence-corrected chi connectivity index (χ1v) is 18.0. The summed E-state index contributed by atoms with van der Waals surface area (Å²) >= 11 is 3.55. The molecule has 2 aromatic heterocycles. The molecular formula is C40H43BrN6O2. The van der Waals surface area contributed by atoms with Crippen molar-refractivity contribution in [1.82, 2.24) is 19.9 Å². The van der Waals surface area contributed by atoms with Crippen LogP contribution in [0.15, 0.2) is 83.3 Å². The van der Waals surface area contributed by atoms with E-state index >= 15 is 0 Å². The molecular weight excluding hydrogens is 676 g/mol. The molecule has 0 atom stereocenters. The summed E-state index contributed by atoms with van der Waals surface area (Å²) in [5, 5.41) is 7.85. The second-order valence-electron chi connectivity index (χ2n) is 14.6. The fourth-order valence-corrected chi connectivity index (χ4v) is 7.69. The third-order valence-electron chi connectivity index (χ3n) is 9.93. The zero-order valence-electron chi connectivity index (χ0n) is 28.6. The maximum atomic E-state index is 13.5. The molecule has 2 N–H and O–H groups in total. The molecule has 7 rings (SSSR count). The van der Waals surface area contributed by atoms with Crippen molar-refractivity contribution >= 4 is 50.3 Å². The van der Waals surface area contributed by atoms with Crippen LogP contribution in [0.3, 0.4) is 0 Å². The van der Waals surface area contributed by atoms with Crippen molar-refractivity contribution in [2.75, 3.05) is 30.9 Å². The van der Waals surface area contributed by atoms with Gasteiger partial charge in [0.15, 0.2) is 5.78 Å². The zero-order chi connectivity index (χ0) is 34.3. The summed E-state index contributed by atoms with van der Waals surface area (Å²) in [5.74, 6) is 2.08. The smallest absolute Gasteiger partial charge is 0.251 e. The van der Waals surface area contributed by atoms with E-state index in [1.54, 1.807) is 0 Å². The van der Waals surface area contributed by atoms with Gasteiger partial charge in [0, 0.05) is 65.5 Å². The van der Waals surface area contributed by atoms with Gasteiger partial charge in [-0.1, -0.05) is 60.1 Å². The van der Waals surface area contributed by atoms with Gasteiger partial charge in [-0.2, -0.15) is 4.98 Å². The number of halogens is 1. The number of nitrogens with one attached hydrogen (secondary N) is 2. The van der Waals surface area contributed by atoms with Crippen LogP contribution < -0.4 is 15.5 Å². The lowest BCUT2D eigenvalue weighted by Crippen LogP contribution is -2.34. The van der Waals surface area contributed by atoms with Gasteiger partial charge in [-0.3, -0.25) is 9.59 Å². The van der Waals surface area contributed by atoms with E-state index in [1.165, 1.54) is 0 Å². The first-order valence-electron chi connectivity index (χ1n) is 17.2. The van der Waals surface area contributed by atoms with E-state index in [0.717, 1.165) is 81.5 Å². The molecule has 49 heavy (non-hydrogen) atoms. The number of benzene rings is 3. The van der Waals surface area contributed by atoms with Crippen molar-refractivity contribution < 1.29 is 9.59 Å². The van der Waals surface area contributed by atoms with Crippen LogP contribution in [0, 0.1) is 11.3 Å². The van der Waals surface area contributed by atoms with Crippen LogP contribution in [0.25, 0.3) is 27.8 Å². The Morgan fingerprint density at radius 2 is 1.69 bits per heavy atom. The second-order valence-corrected chi connectivity index (χ2v) is 15.5. The molecule has 0 aliphatic heterocycles. The van der Waals surface area contributed by atoms with Crippen molar-refractivity contribution in [2.45, 2.75) is 58.4 Å². The normalized spacial score (nSPS) is 18.6. The summed E-state index contributed by atoms with van der Waals surface area (Å²) in [6, 6.07) is 26.4. The zero-order valence-corrected chi connectivity index (χ0v) is 30.2. The van der Waals surface area contributed by atoms with Crippen molar-refractivity contribution in [2.24, 2.45) is 11.3 Å². The highest BCUT2D eigenvalue weighted by atomic mass is 79.9. The van der Waals surface area contributed by atoms with Crippen LogP contribution in [0.1, 0.15) is 72.4 Å². The number of Topliss-reactive ketones (excluding diaryl/α,β-unsaturated/α-hetero) is 1. The Hall–Kier alpha value is -4.50. The lowest BCUT2D eigenvalue weighted by molar-refractivity contribution is 0.0908. The average Bonchev–Trinajstić information content (AvgIpc) is 3.46. The SMILES string of the molecule is CN(C)c1nc(NC2CCC(CNC(=O)c3cccc(-n4c(-c5ccc(Br)cc5)cc5c4CC(C)(C)CC5=O)c3)CC2)nc2ccccc12. The number of rotatable bonds is 8. The standard InChI is InChI=1S/C40H43BrN6O2/c1-40(2)22-35-32(36(48)23-40)21-34(26-14-16-28(41)17-15-26)47(35)30-9-7-8-27(20-30)38(49)42-24-25-12-18-29(19-13-25)43-39-44-33-11-6-5-10-31(33)37(45-39)46(3)4/h5-11,14-17,20-21,25,29H,12-13,18-19,22-24H2,1-4H3,(H,42,49)(H,43,44,45). The molecule has 2 aliphatic rings. The number of hydrogen-bond donors (Lipinski definition) is 2. The third-order valence-corrected chi connectivity index (χ3v) is 10.5. The van der Waals surface area contributed by atoms with Gasteiger partial charge < -0.3 is 20.1 Å². The number of ketones is 1. The quantitative estimate of drug-likeness (QED) is 0.167. The van der Waals surface area contributed by atoms with Gasteiger partial charge >= 0.3 is 0 Å². The molecule has 0 bridgehead atoms. The largest absolute Gasteiger partial charge is 0.362 e. The predicted molar refractivity (Wildman–Crippen MR) is 201 cm³/mol. The molecule has 0 radical (unpaired) electrons. The molecule has 0 unspecified atom stereocenters. The molecule has 5 aromatic rings. The van der Waals surface area contributed by atoms with Crippen LogP contribution in [-0.4, -0.2) is 52.9 Å². The maximum Gasteiger partial charge on any atom is 0.251 e. The first kappa shape index (κ1) is 33.0. The van der Waals surface area contributed by atoms with Crippen LogP contribution in [0.4, 0.5) is 11.8 Å². The number of anilines is 2. The van der Waals surface area contributed by atoms with Crippen LogP contribution in [0.5, 0.6) is 0 Å². The van der Waals surface area contributed by atoms with E-state index in [0.29, 0.717) is 36.4 Å². The number of amides is 1. The summed E-state index contributed by atoms with van der Waals surface area (Å²) in [6.07, 6.45) is 5.33. The highest BCUT2D eigenvalue weighted by Crippen LogP contribution is 2.40. The molecule has 2 aliphatic carbocycles. The Bertz CT molecular complexity index is 2020. The second kappa shape index (κ2) is 13.4. The van der Waals surface area contributed by atoms with Crippen LogP contribution in [0.2, 0.25) is 0 Å². The summed E-state index contributed by atoms with van der Waals surface area (Å²) in [4.78, 5) is 38.5. The minimum Gasteiger partial charge on any atom is -0.362 e. The van der Waals surface area contributed by atoms with Crippen molar-refractivity contribution in [3.05, 3.63) is 100 Å². The lowest BCUT2D eigenvalue weighted by atomic mass is 9.76. The van der Waals surface area contributed by atoms with E-state index in [9.17, 15) is 9.59 Å². The molecule has 8 nitrogen and oxygen atoms in total. The summed E-state index contributed by atoms with van der Waals surface area (Å²) in [5.41, 5.74) is 6.06. The number of carbonyl (C=O) groups is 2. The molecule has 0 saturated heterocycles. The van der Waals surface area contributed by atoms with Crippen molar-refractivity contribution in [1.29, 1.82) is 0 Å². The van der Waals surface area contributed by atoms with Gasteiger partial charge in [0.05, 0.1) is 11.2 Å². The van der Waals surface area contributed by atoms with Gasteiger partial charge in [0.25, 0.3) is 5.91 Å². The minimum atomic E-state index is -0.141. The summed E-state index contributed by atoms with van der Waals surface area (Å²) in [6.45, 7) is 4.94. The number of aromatic nitrogens is 3. The number of para-hydroxylation sites is 1. The summed E-state index contributed by atoms with van der Waals surface area (Å²) < 4.78 is 3.18. The van der Waals surface area contributed by atoms with Crippen LogP contribution in [-0.2, 0) is 6.42 Å². The minimum absolute atomic E-state index is 0.0782. The van der Waals surface area contributed by atoms with Crippen molar-refractivity contribution in [3.63, 3.8) is 0 Å². The van der Waals surface area contributed by atoms with Gasteiger partial charge in [0.2, 0.25) is 5.95 Å². The maximum absolute atomic E-state index is 13.5. The molecule has 0 spiro atoms. The molecule has 2 heterocycles. The fourth-order valence-electron chi connectivity index (χ4n) is 7.42. The van der Waals surface area contributed by atoms with E-state index < -0.39 is 0 Å². The van der Waals surface area contributed by atoms with Gasteiger partial charge in [0.1, 0.15) is 5.82 Å². The lowest BCUT2D eigenvalue weighted by Gasteiger charge is -2.30. The molecule has 1 fully saturated rings. The topological polar surface area (TPSA) is 92.2 Å². The molecule has 1 saturated carbocycles. The Balaban J connectivity index is 1.03. The third kappa shape index (κ3) is 6.99. The predicted octanol–water partition coefficient (Wildman–Crippen LogP) is 8.47. The highest BCUT2D eigenvalue weighted by Gasteiger charge is 2.35. The molecule has 3 aromatic carbocycles. The number of hydrogen-bond acceptors (Lipinski definition) is 6.